The molecule has 0 saturated carbocycles. The van der Waals surface area contributed by atoms with Crippen LogP contribution in [0.15, 0.2) is 109 Å². The highest BCUT2D eigenvalue weighted by Crippen LogP contribution is 2.15. The quantitative estimate of drug-likeness (QED) is 0.0261. The number of carbonyl (C=O) groups is 3. The van der Waals surface area contributed by atoms with Crippen LogP contribution in [0.5, 0.6) is 0 Å². The van der Waals surface area contributed by atoms with Gasteiger partial charge < -0.3 is 14.2 Å². The molecule has 74 heavy (non-hydrogen) atoms. The molecule has 0 amide bonds. The van der Waals surface area contributed by atoms with Gasteiger partial charge in [-0.3, -0.25) is 14.4 Å². The zero-order valence-corrected chi connectivity index (χ0v) is 48.3. The van der Waals surface area contributed by atoms with Crippen molar-refractivity contribution in [3.63, 3.8) is 0 Å². The van der Waals surface area contributed by atoms with Gasteiger partial charge in [0.25, 0.3) is 0 Å². The summed E-state index contributed by atoms with van der Waals surface area (Å²) in [5.74, 6) is -0.916. The fraction of sp³-hybridized carbons (Fsp3) is 0.691. The van der Waals surface area contributed by atoms with Crippen LogP contribution in [-0.4, -0.2) is 37.2 Å². The molecule has 0 bridgehead atoms. The molecular weight excluding hydrogens is 913 g/mol. The van der Waals surface area contributed by atoms with E-state index in [0.29, 0.717) is 19.3 Å². The SMILES string of the molecule is CC/C=C\C/C=C\C/C=C\C/C=C\C/C=C\CCCCCCCCCC(=O)OCC(COC(=O)CCCCCCC/C=C\CCC)OC(=O)CCCCCCCCCC/C=C\C/C=C\C/C=C\CCCCCCC. The predicted molar refractivity (Wildman–Crippen MR) is 320 cm³/mol. The molecule has 422 valence electrons. The average molecular weight is 1030 g/mol. The summed E-state index contributed by atoms with van der Waals surface area (Å²) in [6.45, 7) is 6.44. The third kappa shape index (κ3) is 59.0. The molecule has 0 radical (unpaired) electrons. The van der Waals surface area contributed by atoms with Gasteiger partial charge in [-0.15, -0.1) is 0 Å². The lowest BCUT2D eigenvalue weighted by Gasteiger charge is -2.18. The van der Waals surface area contributed by atoms with Gasteiger partial charge in [-0.25, -0.2) is 0 Å². The lowest BCUT2D eigenvalue weighted by molar-refractivity contribution is -0.167. The van der Waals surface area contributed by atoms with E-state index in [0.717, 1.165) is 135 Å². The van der Waals surface area contributed by atoms with Gasteiger partial charge in [-0.05, 0) is 122 Å². The van der Waals surface area contributed by atoms with Crippen molar-refractivity contribution >= 4 is 17.9 Å². The normalized spacial score (nSPS) is 12.9. The number of unbranched alkanes of at least 4 members (excludes halogenated alkanes) is 26. The number of hydrogen-bond donors (Lipinski definition) is 0. The molecule has 0 aliphatic rings. The Labute approximate surface area is 457 Å². The van der Waals surface area contributed by atoms with Crippen LogP contribution in [0.25, 0.3) is 0 Å². The van der Waals surface area contributed by atoms with Crippen molar-refractivity contribution in [1.82, 2.24) is 0 Å². The standard InChI is InChI=1S/C68H114O6/c1-4-7-10-13-16-19-22-24-26-28-30-32-34-36-38-40-42-44-46-49-52-55-58-61-67(70)73-64-65(63-72-66(69)60-57-54-51-48-21-18-15-12-9-6-3)74-68(71)62-59-56-53-50-47-45-43-41-39-37-35-33-31-29-27-25-23-20-17-14-11-8-5-2/h7,10,12,15-16,19,23-26,29-32,35-38,65H,4-6,8-9,11,13-14,17-18,20-22,27-28,33-34,39-64H2,1-3H3/b10-7-,15-12-,19-16-,25-23-,26-24-,31-29-,32-30-,37-35-,38-36-. The zero-order chi connectivity index (χ0) is 53.6. The fourth-order valence-corrected chi connectivity index (χ4v) is 8.36. The summed E-state index contributed by atoms with van der Waals surface area (Å²) in [7, 11) is 0. The Balaban J connectivity index is 4.33. The van der Waals surface area contributed by atoms with Gasteiger partial charge in [-0.1, -0.05) is 252 Å². The summed E-state index contributed by atoms with van der Waals surface area (Å²) < 4.78 is 16.9. The maximum atomic E-state index is 12.9. The molecule has 0 fully saturated rings. The predicted octanol–water partition coefficient (Wildman–Crippen LogP) is 21.0. The summed E-state index contributed by atoms with van der Waals surface area (Å²) >= 11 is 0. The first-order chi connectivity index (χ1) is 36.5. The van der Waals surface area contributed by atoms with Crippen LogP contribution in [0.1, 0.15) is 284 Å². The Morgan fingerprint density at radius 2 is 0.554 bits per heavy atom. The van der Waals surface area contributed by atoms with Crippen molar-refractivity contribution in [3.05, 3.63) is 109 Å². The smallest absolute Gasteiger partial charge is 0.306 e. The number of ether oxygens (including phenoxy) is 3. The molecule has 0 N–H and O–H groups in total. The van der Waals surface area contributed by atoms with Gasteiger partial charge in [-0.2, -0.15) is 0 Å². The molecule has 0 aromatic heterocycles. The lowest BCUT2D eigenvalue weighted by atomic mass is 10.1. The van der Waals surface area contributed by atoms with Crippen LogP contribution in [-0.2, 0) is 28.6 Å². The van der Waals surface area contributed by atoms with E-state index in [1.54, 1.807) is 0 Å². The molecule has 0 heterocycles. The molecule has 0 aromatic carbocycles. The van der Waals surface area contributed by atoms with Gasteiger partial charge in [0.05, 0.1) is 0 Å². The van der Waals surface area contributed by atoms with Crippen LogP contribution >= 0.6 is 0 Å². The Morgan fingerprint density at radius 3 is 0.892 bits per heavy atom. The molecule has 0 saturated heterocycles. The van der Waals surface area contributed by atoms with Gasteiger partial charge in [0, 0.05) is 19.3 Å². The van der Waals surface area contributed by atoms with Crippen molar-refractivity contribution in [1.29, 1.82) is 0 Å². The number of rotatable bonds is 55. The molecule has 6 nitrogen and oxygen atoms in total. The van der Waals surface area contributed by atoms with Crippen LogP contribution < -0.4 is 0 Å². The Morgan fingerprint density at radius 1 is 0.284 bits per heavy atom. The van der Waals surface area contributed by atoms with Gasteiger partial charge in [0.15, 0.2) is 6.10 Å². The molecule has 0 aromatic rings. The van der Waals surface area contributed by atoms with Crippen molar-refractivity contribution in [2.24, 2.45) is 0 Å². The number of allylic oxidation sites excluding steroid dienone is 18. The lowest BCUT2D eigenvalue weighted by Crippen LogP contribution is -2.30. The molecule has 0 spiro atoms. The van der Waals surface area contributed by atoms with Crippen molar-refractivity contribution in [3.8, 4) is 0 Å². The fourth-order valence-electron chi connectivity index (χ4n) is 8.36. The Hall–Kier alpha value is -3.93. The molecule has 0 aliphatic carbocycles. The maximum Gasteiger partial charge on any atom is 0.306 e. The van der Waals surface area contributed by atoms with Crippen LogP contribution in [0.2, 0.25) is 0 Å². The third-order valence-electron chi connectivity index (χ3n) is 13.0. The highest BCUT2D eigenvalue weighted by atomic mass is 16.6. The maximum absolute atomic E-state index is 12.9. The van der Waals surface area contributed by atoms with Crippen molar-refractivity contribution < 1.29 is 28.6 Å². The summed E-state index contributed by atoms with van der Waals surface area (Å²) in [5.41, 5.74) is 0. The highest BCUT2D eigenvalue weighted by Gasteiger charge is 2.19. The minimum absolute atomic E-state index is 0.0902. The summed E-state index contributed by atoms with van der Waals surface area (Å²) in [6.07, 6.45) is 83.8. The molecular formula is C68H114O6. The first-order valence-corrected chi connectivity index (χ1v) is 30.9. The van der Waals surface area contributed by atoms with E-state index < -0.39 is 6.10 Å². The Kier molecular flexibility index (Phi) is 58.3. The van der Waals surface area contributed by atoms with E-state index in [4.69, 9.17) is 14.2 Å². The van der Waals surface area contributed by atoms with E-state index in [2.05, 4.69) is 130 Å². The zero-order valence-electron chi connectivity index (χ0n) is 48.3. The molecule has 1 atom stereocenters. The molecule has 0 aliphatic heterocycles. The van der Waals surface area contributed by atoms with Gasteiger partial charge >= 0.3 is 17.9 Å². The first kappa shape index (κ1) is 70.1. The minimum atomic E-state index is -0.793. The summed E-state index contributed by atoms with van der Waals surface area (Å²) in [6, 6.07) is 0. The molecule has 1 unspecified atom stereocenters. The minimum Gasteiger partial charge on any atom is -0.462 e. The van der Waals surface area contributed by atoms with Gasteiger partial charge in [0.1, 0.15) is 13.2 Å². The molecule has 0 rings (SSSR count). The van der Waals surface area contributed by atoms with Crippen LogP contribution in [0.3, 0.4) is 0 Å². The largest absolute Gasteiger partial charge is 0.462 e. The third-order valence-corrected chi connectivity index (χ3v) is 13.0. The first-order valence-electron chi connectivity index (χ1n) is 30.9. The Bertz CT molecular complexity index is 1510. The summed E-state index contributed by atoms with van der Waals surface area (Å²) in [5, 5.41) is 0. The average Bonchev–Trinajstić information content (AvgIpc) is 3.40. The van der Waals surface area contributed by atoms with E-state index in [1.165, 1.54) is 109 Å². The van der Waals surface area contributed by atoms with Crippen LogP contribution in [0, 0.1) is 0 Å². The second-order valence-corrected chi connectivity index (χ2v) is 20.2. The number of carbonyl (C=O) groups excluding carboxylic acids is 3. The van der Waals surface area contributed by atoms with E-state index >= 15 is 0 Å². The number of hydrogen-bond acceptors (Lipinski definition) is 6. The summed E-state index contributed by atoms with van der Waals surface area (Å²) in [4.78, 5) is 38.2. The number of esters is 3. The monoisotopic (exact) mass is 1030 g/mol. The van der Waals surface area contributed by atoms with Crippen molar-refractivity contribution in [2.45, 2.75) is 290 Å². The topological polar surface area (TPSA) is 78.9 Å². The van der Waals surface area contributed by atoms with Crippen molar-refractivity contribution in [2.75, 3.05) is 13.2 Å². The molecule has 6 heteroatoms. The van der Waals surface area contributed by atoms with E-state index in [-0.39, 0.29) is 31.1 Å². The highest BCUT2D eigenvalue weighted by molar-refractivity contribution is 5.71. The van der Waals surface area contributed by atoms with Gasteiger partial charge in [0.2, 0.25) is 0 Å². The van der Waals surface area contributed by atoms with E-state index in [1.807, 2.05) is 0 Å². The van der Waals surface area contributed by atoms with Crippen LogP contribution in [0.4, 0.5) is 0 Å². The van der Waals surface area contributed by atoms with E-state index in [9.17, 15) is 14.4 Å². The second kappa shape index (κ2) is 61.6. The second-order valence-electron chi connectivity index (χ2n) is 20.2.